The summed E-state index contributed by atoms with van der Waals surface area (Å²) in [5.74, 6) is -4.08. The van der Waals surface area contributed by atoms with Gasteiger partial charge >= 0.3 is 5.97 Å². The number of nitrogens with two attached hydrogens (primary N) is 1. The first-order chi connectivity index (χ1) is 6.45. The Morgan fingerprint density at radius 2 is 2.07 bits per heavy atom. The fourth-order valence-corrected chi connectivity index (χ4v) is 1.16. The molecule has 14 heavy (non-hydrogen) atoms. The van der Waals surface area contributed by atoms with Crippen molar-refractivity contribution in [1.82, 2.24) is 0 Å². The van der Waals surface area contributed by atoms with Crippen LogP contribution in [0.15, 0.2) is 12.1 Å². The molecule has 0 aliphatic carbocycles. The van der Waals surface area contributed by atoms with Crippen LogP contribution in [0.4, 0.5) is 8.78 Å². The summed E-state index contributed by atoms with van der Waals surface area (Å²) in [5.41, 5.74) is 4.80. The van der Waals surface area contributed by atoms with Crippen molar-refractivity contribution in [3.63, 3.8) is 0 Å². The van der Waals surface area contributed by atoms with Gasteiger partial charge in [0, 0.05) is 6.04 Å². The monoisotopic (exact) mass is 201 g/mol. The van der Waals surface area contributed by atoms with E-state index in [9.17, 15) is 13.6 Å². The van der Waals surface area contributed by atoms with Gasteiger partial charge < -0.3 is 10.8 Å². The number of benzene rings is 1. The van der Waals surface area contributed by atoms with Gasteiger partial charge in [0.1, 0.15) is 5.56 Å². The van der Waals surface area contributed by atoms with E-state index >= 15 is 0 Å². The molecular formula is C9H9F2NO2. The number of hydrogen-bond donors (Lipinski definition) is 2. The van der Waals surface area contributed by atoms with E-state index in [0.717, 1.165) is 6.07 Å². The molecule has 0 saturated carbocycles. The minimum Gasteiger partial charge on any atom is -0.478 e. The fourth-order valence-electron chi connectivity index (χ4n) is 1.16. The van der Waals surface area contributed by atoms with E-state index in [1.807, 2.05) is 0 Å². The van der Waals surface area contributed by atoms with Gasteiger partial charge in [0.2, 0.25) is 0 Å². The molecule has 1 rings (SSSR count). The molecule has 0 bridgehead atoms. The molecular weight excluding hydrogens is 192 g/mol. The highest BCUT2D eigenvalue weighted by Crippen LogP contribution is 2.21. The van der Waals surface area contributed by atoms with Crippen molar-refractivity contribution in [3.8, 4) is 0 Å². The normalized spacial score (nSPS) is 12.6. The summed E-state index contributed by atoms with van der Waals surface area (Å²) in [7, 11) is 0. The molecule has 0 fully saturated rings. The van der Waals surface area contributed by atoms with Crippen molar-refractivity contribution >= 4 is 5.97 Å². The largest absolute Gasteiger partial charge is 0.478 e. The Morgan fingerprint density at radius 3 is 2.50 bits per heavy atom. The Labute approximate surface area is 79.2 Å². The number of carboxylic acid groups (broad SMARTS) is 1. The fraction of sp³-hybridized carbons (Fsp3) is 0.222. The zero-order valence-corrected chi connectivity index (χ0v) is 7.42. The molecule has 0 amide bonds. The van der Waals surface area contributed by atoms with E-state index in [0.29, 0.717) is 0 Å². The Hall–Kier alpha value is -1.49. The third kappa shape index (κ3) is 1.72. The summed E-state index contributed by atoms with van der Waals surface area (Å²) in [4.78, 5) is 10.6. The van der Waals surface area contributed by atoms with Crippen molar-refractivity contribution in [2.24, 2.45) is 5.73 Å². The van der Waals surface area contributed by atoms with Crippen LogP contribution in [-0.4, -0.2) is 11.1 Å². The first-order valence-electron chi connectivity index (χ1n) is 3.92. The maximum atomic E-state index is 13.1. The lowest BCUT2D eigenvalue weighted by Crippen LogP contribution is -2.14. The Morgan fingerprint density at radius 1 is 1.50 bits per heavy atom. The lowest BCUT2D eigenvalue weighted by molar-refractivity contribution is 0.0688. The van der Waals surface area contributed by atoms with Crippen LogP contribution in [0.3, 0.4) is 0 Å². The summed E-state index contributed by atoms with van der Waals surface area (Å²) >= 11 is 0. The molecule has 76 valence electrons. The summed E-state index contributed by atoms with van der Waals surface area (Å²) < 4.78 is 25.8. The molecule has 5 heteroatoms. The standard InChI is InChI=1S/C9H9F2NO2/c1-4(12)5-2-3-6(10)8(11)7(5)9(13)14/h2-4H,12H2,1H3,(H,13,14). The van der Waals surface area contributed by atoms with Crippen molar-refractivity contribution in [2.75, 3.05) is 0 Å². The Balaban J connectivity index is 3.45. The van der Waals surface area contributed by atoms with Crippen LogP contribution in [0.25, 0.3) is 0 Å². The molecule has 3 nitrogen and oxygen atoms in total. The third-order valence-electron chi connectivity index (χ3n) is 1.83. The summed E-state index contributed by atoms with van der Waals surface area (Å²) in [6, 6.07) is 1.38. The van der Waals surface area contributed by atoms with E-state index < -0.39 is 29.2 Å². The Bertz CT molecular complexity index is 377. The molecule has 0 saturated heterocycles. The summed E-state index contributed by atoms with van der Waals surface area (Å²) in [5, 5.41) is 8.66. The first-order valence-corrected chi connectivity index (χ1v) is 3.92. The SMILES string of the molecule is CC(N)c1ccc(F)c(F)c1C(=O)O. The van der Waals surface area contributed by atoms with Crippen LogP contribution in [0, 0.1) is 11.6 Å². The number of carbonyl (C=O) groups is 1. The Kier molecular flexibility index (Phi) is 2.81. The molecule has 1 atom stereocenters. The minimum absolute atomic E-state index is 0.0800. The molecule has 0 spiro atoms. The average molecular weight is 201 g/mol. The van der Waals surface area contributed by atoms with E-state index in [1.54, 1.807) is 0 Å². The molecule has 0 radical (unpaired) electrons. The number of carboxylic acids is 1. The highest BCUT2D eigenvalue weighted by molar-refractivity contribution is 5.90. The second-order valence-corrected chi connectivity index (χ2v) is 2.92. The van der Waals surface area contributed by atoms with E-state index in [4.69, 9.17) is 10.8 Å². The van der Waals surface area contributed by atoms with E-state index in [-0.39, 0.29) is 5.56 Å². The molecule has 0 aromatic heterocycles. The van der Waals surface area contributed by atoms with Gasteiger partial charge in [0.15, 0.2) is 11.6 Å². The van der Waals surface area contributed by atoms with Crippen LogP contribution in [0.1, 0.15) is 28.9 Å². The van der Waals surface area contributed by atoms with Crippen LogP contribution < -0.4 is 5.73 Å². The zero-order valence-electron chi connectivity index (χ0n) is 7.42. The predicted octanol–water partition coefficient (Wildman–Crippen LogP) is 1.68. The quantitative estimate of drug-likeness (QED) is 0.765. The molecule has 3 N–H and O–H groups in total. The highest BCUT2D eigenvalue weighted by atomic mass is 19.2. The lowest BCUT2D eigenvalue weighted by Gasteiger charge is -2.10. The van der Waals surface area contributed by atoms with Gasteiger partial charge in [-0.2, -0.15) is 0 Å². The van der Waals surface area contributed by atoms with Crippen LogP contribution in [-0.2, 0) is 0 Å². The maximum absolute atomic E-state index is 13.1. The predicted molar refractivity (Wildman–Crippen MR) is 45.9 cm³/mol. The number of rotatable bonds is 2. The van der Waals surface area contributed by atoms with Gasteiger partial charge in [-0.15, -0.1) is 0 Å². The van der Waals surface area contributed by atoms with Gasteiger partial charge in [0.25, 0.3) is 0 Å². The molecule has 0 heterocycles. The van der Waals surface area contributed by atoms with Crippen LogP contribution >= 0.6 is 0 Å². The highest BCUT2D eigenvalue weighted by Gasteiger charge is 2.21. The van der Waals surface area contributed by atoms with Gasteiger partial charge in [-0.05, 0) is 18.6 Å². The number of aromatic carboxylic acids is 1. The summed E-state index contributed by atoms with van der Waals surface area (Å²) in [6.45, 7) is 1.50. The second kappa shape index (κ2) is 3.71. The molecule has 0 aliphatic heterocycles. The minimum atomic E-state index is -1.52. The van der Waals surface area contributed by atoms with Gasteiger partial charge in [0.05, 0.1) is 0 Å². The topological polar surface area (TPSA) is 63.3 Å². The summed E-state index contributed by atoms with van der Waals surface area (Å²) in [6.07, 6.45) is 0. The van der Waals surface area contributed by atoms with Crippen LogP contribution in [0.2, 0.25) is 0 Å². The van der Waals surface area contributed by atoms with Gasteiger partial charge in [-0.25, -0.2) is 13.6 Å². The smallest absolute Gasteiger partial charge is 0.339 e. The number of hydrogen-bond acceptors (Lipinski definition) is 2. The van der Waals surface area contributed by atoms with Gasteiger partial charge in [-0.3, -0.25) is 0 Å². The average Bonchev–Trinajstić information content (AvgIpc) is 2.08. The molecule has 1 aromatic rings. The molecule has 1 unspecified atom stereocenters. The van der Waals surface area contributed by atoms with Crippen LogP contribution in [0.5, 0.6) is 0 Å². The molecule has 1 aromatic carbocycles. The molecule has 0 aliphatic rings. The van der Waals surface area contributed by atoms with Gasteiger partial charge in [-0.1, -0.05) is 6.07 Å². The van der Waals surface area contributed by atoms with Crippen molar-refractivity contribution in [1.29, 1.82) is 0 Å². The van der Waals surface area contributed by atoms with Crippen molar-refractivity contribution < 1.29 is 18.7 Å². The van der Waals surface area contributed by atoms with E-state index in [1.165, 1.54) is 13.0 Å². The second-order valence-electron chi connectivity index (χ2n) is 2.92. The zero-order chi connectivity index (χ0) is 10.9. The third-order valence-corrected chi connectivity index (χ3v) is 1.83. The van der Waals surface area contributed by atoms with E-state index in [2.05, 4.69) is 0 Å². The maximum Gasteiger partial charge on any atom is 0.339 e. The number of halogens is 2. The van der Waals surface area contributed by atoms with Crippen molar-refractivity contribution in [2.45, 2.75) is 13.0 Å². The van der Waals surface area contributed by atoms with Crippen molar-refractivity contribution in [3.05, 3.63) is 34.9 Å². The lowest BCUT2D eigenvalue weighted by atomic mass is 10.0. The first kappa shape index (κ1) is 10.6.